The molecule has 6 heteroatoms. The summed E-state index contributed by atoms with van der Waals surface area (Å²) in [7, 11) is -3.28. The van der Waals surface area contributed by atoms with E-state index in [1.54, 1.807) is 17.8 Å². The molecule has 90 valence electrons. The Morgan fingerprint density at radius 1 is 1.44 bits per heavy atom. The lowest BCUT2D eigenvalue weighted by atomic mass is 10.3. The Kier molecular flexibility index (Phi) is 4.95. The van der Waals surface area contributed by atoms with Gasteiger partial charge in [0.25, 0.3) is 0 Å². The smallest absolute Gasteiger partial charge is 0.179 e. The van der Waals surface area contributed by atoms with Crippen LogP contribution in [-0.2, 0) is 9.84 Å². The predicted molar refractivity (Wildman–Crippen MR) is 70.9 cm³/mol. The highest BCUT2D eigenvalue weighted by molar-refractivity contribution is 7.98. The van der Waals surface area contributed by atoms with Gasteiger partial charge in [-0.2, -0.15) is 11.8 Å². The molecule has 0 bridgehead atoms. The molecule has 0 atom stereocenters. The summed E-state index contributed by atoms with van der Waals surface area (Å²) in [6.45, 7) is 0. The van der Waals surface area contributed by atoms with Gasteiger partial charge in [0.15, 0.2) is 9.84 Å². The normalized spacial score (nSPS) is 11.6. The van der Waals surface area contributed by atoms with Crippen molar-refractivity contribution in [2.45, 2.75) is 11.3 Å². The number of hydrogen-bond acceptors (Lipinski definition) is 4. The summed E-state index contributed by atoms with van der Waals surface area (Å²) in [6, 6.07) is 4.47. The fraction of sp³-hybridized carbons (Fsp3) is 0.400. The van der Waals surface area contributed by atoms with Gasteiger partial charge < -0.3 is 5.73 Å². The molecular formula is C10H14ClNO2S2. The Hall–Kier alpha value is -0.390. The fourth-order valence-electron chi connectivity index (χ4n) is 1.27. The van der Waals surface area contributed by atoms with E-state index in [0.29, 0.717) is 12.1 Å². The Morgan fingerprint density at radius 3 is 2.69 bits per heavy atom. The van der Waals surface area contributed by atoms with Crippen molar-refractivity contribution in [2.75, 3.05) is 23.5 Å². The van der Waals surface area contributed by atoms with E-state index in [-0.39, 0.29) is 15.7 Å². The van der Waals surface area contributed by atoms with Crippen molar-refractivity contribution in [2.24, 2.45) is 0 Å². The molecular weight excluding hydrogens is 266 g/mol. The molecule has 0 aliphatic heterocycles. The quantitative estimate of drug-likeness (QED) is 0.664. The van der Waals surface area contributed by atoms with E-state index in [1.165, 1.54) is 12.1 Å². The third kappa shape index (κ3) is 3.57. The standard InChI is InChI=1S/C10H14ClNO2S2/c1-15-5-2-6-16(13,14)10-4-3-8(12)7-9(10)11/h3-4,7H,2,5-6,12H2,1H3. The largest absolute Gasteiger partial charge is 0.399 e. The second kappa shape index (κ2) is 5.80. The van der Waals surface area contributed by atoms with Crippen LogP contribution in [0.25, 0.3) is 0 Å². The van der Waals surface area contributed by atoms with Crippen LogP contribution in [0.4, 0.5) is 5.69 Å². The van der Waals surface area contributed by atoms with Gasteiger partial charge in [0, 0.05) is 5.69 Å². The number of halogens is 1. The topological polar surface area (TPSA) is 60.2 Å². The number of nitrogens with two attached hydrogens (primary N) is 1. The van der Waals surface area contributed by atoms with Gasteiger partial charge in [-0.15, -0.1) is 0 Å². The highest BCUT2D eigenvalue weighted by Gasteiger charge is 2.17. The summed E-state index contributed by atoms with van der Waals surface area (Å²) in [5.74, 6) is 0.948. The van der Waals surface area contributed by atoms with Crippen LogP contribution in [0.3, 0.4) is 0 Å². The van der Waals surface area contributed by atoms with Crippen LogP contribution in [-0.4, -0.2) is 26.2 Å². The Morgan fingerprint density at radius 2 is 2.12 bits per heavy atom. The minimum Gasteiger partial charge on any atom is -0.399 e. The predicted octanol–water partition coefficient (Wildman–Crippen LogP) is 2.45. The number of thioether (sulfide) groups is 1. The molecule has 0 heterocycles. The molecule has 16 heavy (non-hydrogen) atoms. The van der Waals surface area contributed by atoms with Gasteiger partial charge in [-0.1, -0.05) is 11.6 Å². The zero-order chi connectivity index (χ0) is 12.2. The van der Waals surface area contributed by atoms with Gasteiger partial charge in [-0.25, -0.2) is 8.42 Å². The summed E-state index contributed by atoms with van der Waals surface area (Å²) in [4.78, 5) is 0.171. The van der Waals surface area contributed by atoms with Crippen LogP contribution >= 0.6 is 23.4 Å². The molecule has 1 rings (SSSR count). The maximum atomic E-state index is 11.9. The minimum atomic E-state index is -3.28. The fourth-order valence-corrected chi connectivity index (χ4v) is 3.81. The van der Waals surface area contributed by atoms with E-state index in [1.807, 2.05) is 6.26 Å². The second-order valence-corrected chi connectivity index (χ2v) is 6.83. The van der Waals surface area contributed by atoms with E-state index < -0.39 is 9.84 Å². The first-order valence-corrected chi connectivity index (χ1v) is 8.16. The van der Waals surface area contributed by atoms with E-state index in [9.17, 15) is 8.42 Å². The lowest BCUT2D eigenvalue weighted by Gasteiger charge is -2.06. The number of benzene rings is 1. The van der Waals surface area contributed by atoms with E-state index >= 15 is 0 Å². The highest BCUT2D eigenvalue weighted by Crippen LogP contribution is 2.25. The molecule has 0 aliphatic carbocycles. The van der Waals surface area contributed by atoms with Gasteiger partial charge in [0.1, 0.15) is 0 Å². The van der Waals surface area contributed by atoms with E-state index in [4.69, 9.17) is 17.3 Å². The maximum Gasteiger partial charge on any atom is 0.179 e. The first-order valence-electron chi connectivity index (χ1n) is 4.74. The van der Waals surface area contributed by atoms with Gasteiger partial charge in [0.05, 0.1) is 15.7 Å². The monoisotopic (exact) mass is 279 g/mol. The summed E-state index contributed by atoms with van der Waals surface area (Å²) in [6.07, 6.45) is 2.58. The molecule has 3 nitrogen and oxygen atoms in total. The molecule has 0 saturated carbocycles. The maximum absolute atomic E-state index is 11.9. The van der Waals surface area contributed by atoms with Crippen molar-refractivity contribution in [3.8, 4) is 0 Å². The molecule has 0 saturated heterocycles. The first-order chi connectivity index (χ1) is 7.47. The van der Waals surface area contributed by atoms with Crippen molar-refractivity contribution in [1.82, 2.24) is 0 Å². The molecule has 0 amide bonds. The molecule has 0 fully saturated rings. The van der Waals surface area contributed by atoms with E-state index in [0.717, 1.165) is 5.75 Å². The van der Waals surface area contributed by atoms with Crippen LogP contribution in [0.15, 0.2) is 23.1 Å². The van der Waals surface area contributed by atoms with Crippen molar-refractivity contribution >= 4 is 38.9 Å². The van der Waals surface area contributed by atoms with Crippen molar-refractivity contribution in [3.63, 3.8) is 0 Å². The van der Waals surface area contributed by atoms with Crippen LogP contribution in [0.2, 0.25) is 5.02 Å². The second-order valence-electron chi connectivity index (χ2n) is 3.36. The van der Waals surface area contributed by atoms with Crippen LogP contribution in [0.1, 0.15) is 6.42 Å². The van der Waals surface area contributed by atoms with Gasteiger partial charge in [-0.05, 0) is 36.6 Å². The SMILES string of the molecule is CSCCCS(=O)(=O)c1ccc(N)cc1Cl. The summed E-state index contributed by atoms with van der Waals surface area (Å²) in [5.41, 5.74) is 5.98. The number of rotatable bonds is 5. The molecule has 2 N–H and O–H groups in total. The van der Waals surface area contributed by atoms with Gasteiger partial charge in [-0.3, -0.25) is 0 Å². The third-order valence-corrected chi connectivity index (χ3v) is 5.03. The van der Waals surface area contributed by atoms with E-state index in [2.05, 4.69) is 0 Å². The third-order valence-electron chi connectivity index (χ3n) is 2.05. The number of sulfone groups is 1. The zero-order valence-corrected chi connectivity index (χ0v) is 11.3. The highest BCUT2D eigenvalue weighted by atomic mass is 35.5. The molecule has 0 spiro atoms. The first kappa shape index (κ1) is 13.7. The van der Waals surface area contributed by atoms with Crippen LogP contribution < -0.4 is 5.73 Å². The molecule has 0 aliphatic rings. The number of hydrogen-bond donors (Lipinski definition) is 1. The summed E-state index contributed by atoms with van der Waals surface area (Å²) in [5, 5.41) is 0.198. The summed E-state index contributed by atoms with van der Waals surface area (Å²) < 4.78 is 23.8. The molecule has 0 radical (unpaired) electrons. The molecule has 0 aromatic heterocycles. The Bertz CT molecular complexity index is 460. The van der Waals surface area contributed by atoms with Crippen LogP contribution in [0, 0.1) is 0 Å². The van der Waals surface area contributed by atoms with Crippen molar-refractivity contribution in [1.29, 1.82) is 0 Å². The molecule has 0 unspecified atom stereocenters. The van der Waals surface area contributed by atoms with Gasteiger partial charge in [0.2, 0.25) is 0 Å². The van der Waals surface area contributed by atoms with Crippen LogP contribution in [0.5, 0.6) is 0 Å². The average Bonchev–Trinajstić information content (AvgIpc) is 2.17. The average molecular weight is 280 g/mol. The number of anilines is 1. The molecule has 1 aromatic carbocycles. The summed E-state index contributed by atoms with van der Waals surface area (Å²) >= 11 is 7.49. The van der Waals surface area contributed by atoms with Gasteiger partial charge >= 0.3 is 0 Å². The Balaban J connectivity index is 2.90. The number of nitrogen functional groups attached to an aromatic ring is 1. The molecule has 1 aromatic rings. The van der Waals surface area contributed by atoms with Crippen molar-refractivity contribution in [3.05, 3.63) is 23.2 Å². The lowest BCUT2D eigenvalue weighted by Crippen LogP contribution is -2.08. The lowest BCUT2D eigenvalue weighted by molar-refractivity contribution is 0.595. The zero-order valence-electron chi connectivity index (χ0n) is 8.94. The minimum absolute atomic E-state index is 0.122. The van der Waals surface area contributed by atoms with Crippen molar-refractivity contribution < 1.29 is 8.42 Å². The Labute approximate surface area is 105 Å².